The molecule has 0 aromatic heterocycles. The number of thiocarbonyl (C=S) groups is 1. The summed E-state index contributed by atoms with van der Waals surface area (Å²) in [5.74, 6) is -0.674. The van der Waals surface area contributed by atoms with Crippen LogP contribution in [-0.4, -0.2) is 21.0 Å². The molecule has 0 aliphatic rings. The van der Waals surface area contributed by atoms with E-state index in [0.29, 0.717) is 14.6 Å². The molecule has 0 saturated heterocycles. The second-order valence-electron chi connectivity index (χ2n) is 4.62. The summed E-state index contributed by atoms with van der Waals surface area (Å²) >= 11 is 17.3. The fraction of sp³-hybridized carbons (Fsp3) is 0. The van der Waals surface area contributed by atoms with E-state index in [-0.39, 0.29) is 27.1 Å². The van der Waals surface area contributed by atoms with Crippen molar-refractivity contribution in [1.82, 2.24) is 5.32 Å². The third kappa shape index (κ3) is 4.88. The van der Waals surface area contributed by atoms with E-state index in [2.05, 4.69) is 42.5 Å². The van der Waals surface area contributed by atoms with E-state index in [1.54, 1.807) is 12.1 Å². The quantitative estimate of drug-likeness (QED) is 0.242. The molecule has 3 N–H and O–H groups in total. The molecular formula is C14H8Br2ClN3O4S. The fourth-order valence-electron chi connectivity index (χ4n) is 1.77. The first-order valence-electron chi connectivity index (χ1n) is 6.43. The Balaban J connectivity index is 2.14. The van der Waals surface area contributed by atoms with Crippen LogP contribution in [0.1, 0.15) is 10.4 Å². The van der Waals surface area contributed by atoms with Crippen LogP contribution in [0.4, 0.5) is 11.4 Å². The number of carbonyl (C=O) groups excluding carboxylic acids is 1. The third-order valence-corrected chi connectivity index (χ3v) is 4.65. The van der Waals surface area contributed by atoms with Crippen molar-refractivity contribution in [2.24, 2.45) is 0 Å². The topological polar surface area (TPSA) is 104 Å². The second-order valence-corrected chi connectivity index (χ2v) is 7.14. The zero-order chi connectivity index (χ0) is 18.7. The summed E-state index contributed by atoms with van der Waals surface area (Å²) in [6.07, 6.45) is 0. The number of phenols is 1. The van der Waals surface area contributed by atoms with Gasteiger partial charge < -0.3 is 10.4 Å². The molecule has 25 heavy (non-hydrogen) atoms. The number of anilines is 1. The lowest BCUT2D eigenvalue weighted by molar-refractivity contribution is -0.384. The van der Waals surface area contributed by atoms with Gasteiger partial charge in [0.05, 0.1) is 24.5 Å². The van der Waals surface area contributed by atoms with Gasteiger partial charge in [0.2, 0.25) is 0 Å². The number of non-ortho nitro benzene ring substituents is 1. The van der Waals surface area contributed by atoms with Crippen molar-refractivity contribution in [3.05, 3.63) is 60.0 Å². The number of nitrogens with zero attached hydrogens (tertiary/aromatic N) is 1. The van der Waals surface area contributed by atoms with E-state index in [0.717, 1.165) is 6.07 Å². The number of carbonyl (C=O) groups is 1. The van der Waals surface area contributed by atoms with E-state index in [9.17, 15) is 20.0 Å². The first kappa shape index (κ1) is 19.6. The number of amides is 1. The first-order chi connectivity index (χ1) is 11.7. The maximum atomic E-state index is 12.2. The molecule has 0 saturated carbocycles. The normalized spacial score (nSPS) is 10.2. The summed E-state index contributed by atoms with van der Waals surface area (Å²) in [4.78, 5) is 22.4. The zero-order valence-corrected chi connectivity index (χ0v) is 16.8. The number of benzene rings is 2. The van der Waals surface area contributed by atoms with Crippen molar-refractivity contribution in [2.75, 3.05) is 5.32 Å². The first-order valence-corrected chi connectivity index (χ1v) is 8.80. The fourth-order valence-corrected chi connectivity index (χ4v) is 3.37. The van der Waals surface area contributed by atoms with Gasteiger partial charge in [-0.25, -0.2) is 0 Å². The van der Waals surface area contributed by atoms with Gasteiger partial charge in [-0.3, -0.25) is 20.2 Å². The average molecular weight is 510 g/mol. The van der Waals surface area contributed by atoms with Gasteiger partial charge in [-0.2, -0.15) is 0 Å². The van der Waals surface area contributed by atoms with E-state index < -0.39 is 10.8 Å². The number of halogens is 3. The molecule has 1 amide bonds. The van der Waals surface area contributed by atoms with Crippen LogP contribution in [0.5, 0.6) is 5.75 Å². The lowest BCUT2D eigenvalue weighted by atomic mass is 10.2. The number of phenolic OH excluding ortho intramolecular Hbond substituents is 1. The van der Waals surface area contributed by atoms with Crippen LogP contribution in [0.25, 0.3) is 0 Å². The highest BCUT2D eigenvalue weighted by atomic mass is 79.9. The number of nitro benzene ring substituents is 1. The summed E-state index contributed by atoms with van der Waals surface area (Å²) in [7, 11) is 0. The molecule has 130 valence electrons. The van der Waals surface area contributed by atoms with E-state index in [1.807, 2.05) is 0 Å². The highest BCUT2D eigenvalue weighted by Crippen LogP contribution is 2.35. The Morgan fingerprint density at radius 3 is 2.40 bits per heavy atom. The Morgan fingerprint density at radius 1 is 1.24 bits per heavy atom. The van der Waals surface area contributed by atoms with Crippen molar-refractivity contribution in [3.8, 4) is 5.75 Å². The Labute approximate surface area is 168 Å². The zero-order valence-electron chi connectivity index (χ0n) is 12.0. The van der Waals surface area contributed by atoms with E-state index >= 15 is 0 Å². The summed E-state index contributed by atoms with van der Waals surface area (Å²) in [5.41, 5.74) is 0.153. The van der Waals surface area contributed by atoms with Gasteiger partial charge in [-0.05, 0) is 62.3 Å². The number of nitrogens with one attached hydrogen (secondary N) is 2. The van der Waals surface area contributed by atoms with Gasteiger partial charge >= 0.3 is 0 Å². The van der Waals surface area contributed by atoms with E-state index in [4.69, 9.17) is 23.8 Å². The molecule has 0 unspecified atom stereocenters. The van der Waals surface area contributed by atoms with Crippen LogP contribution in [-0.2, 0) is 0 Å². The minimum Gasteiger partial charge on any atom is -0.506 e. The Bertz CT molecular complexity index is 871. The van der Waals surface area contributed by atoms with Crippen molar-refractivity contribution < 1.29 is 14.8 Å². The number of hydrogen-bond acceptors (Lipinski definition) is 5. The van der Waals surface area contributed by atoms with Crippen molar-refractivity contribution in [2.45, 2.75) is 0 Å². The lowest BCUT2D eigenvalue weighted by Crippen LogP contribution is -2.34. The molecule has 2 aromatic carbocycles. The Hall–Kier alpha value is -1.75. The Morgan fingerprint density at radius 2 is 1.84 bits per heavy atom. The van der Waals surface area contributed by atoms with Gasteiger partial charge in [0.15, 0.2) is 5.11 Å². The molecule has 0 atom stereocenters. The monoisotopic (exact) mass is 507 g/mol. The smallest absolute Gasteiger partial charge is 0.270 e. The number of hydrogen-bond donors (Lipinski definition) is 3. The molecule has 0 fully saturated rings. The largest absolute Gasteiger partial charge is 0.506 e. The van der Waals surface area contributed by atoms with Crippen molar-refractivity contribution >= 4 is 78.1 Å². The molecule has 7 nitrogen and oxygen atoms in total. The second kappa shape index (κ2) is 8.09. The Kier molecular flexibility index (Phi) is 6.33. The maximum Gasteiger partial charge on any atom is 0.270 e. The third-order valence-electron chi connectivity index (χ3n) is 2.91. The van der Waals surface area contributed by atoms with Crippen LogP contribution in [0.15, 0.2) is 39.3 Å². The molecule has 0 heterocycles. The average Bonchev–Trinajstić information content (AvgIpc) is 2.52. The van der Waals surface area contributed by atoms with E-state index in [1.165, 1.54) is 12.1 Å². The SMILES string of the molecule is O=C(NC(=S)Nc1cc(Br)c(O)c(Br)c1)c1cc([N+](=O)[O-])ccc1Cl. The minimum absolute atomic E-state index is 0.0175. The van der Waals surface area contributed by atoms with Crippen molar-refractivity contribution in [1.29, 1.82) is 0 Å². The van der Waals surface area contributed by atoms with Gasteiger partial charge in [0.25, 0.3) is 11.6 Å². The number of nitro groups is 1. The summed E-state index contributed by atoms with van der Waals surface area (Å²) < 4.78 is 0.834. The van der Waals surface area contributed by atoms with Crippen LogP contribution in [0, 0.1) is 10.1 Å². The number of aromatic hydroxyl groups is 1. The lowest BCUT2D eigenvalue weighted by Gasteiger charge is -2.12. The van der Waals surface area contributed by atoms with Gasteiger partial charge in [0, 0.05) is 17.8 Å². The molecule has 2 rings (SSSR count). The molecule has 0 bridgehead atoms. The number of rotatable bonds is 3. The van der Waals surface area contributed by atoms with Gasteiger partial charge in [0.1, 0.15) is 5.75 Å². The van der Waals surface area contributed by atoms with Crippen LogP contribution >= 0.6 is 55.7 Å². The molecule has 2 aromatic rings. The molecule has 0 radical (unpaired) electrons. The molecule has 0 spiro atoms. The summed E-state index contributed by atoms with van der Waals surface area (Å²) in [5, 5.41) is 25.6. The molecule has 0 aliphatic carbocycles. The standard InChI is InChI=1S/C14H8Br2ClN3O4S/c15-9-3-6(4-10(16)12(9)21)18-14(25)19-13(22)8-5-7(20(23)24)1-2-11(8)17/h1-5,21H,(H2,18,19,22,25). The van der Waals surface area contributed by atoms with Crippen LogP contribution in [0.2, 0.25) is 5.02 Å². The van der Waals surface area contributed by atoms with Gasteiger partial charge in [-0.1, -0.05) is 11.6 Å². The highest BCUT2D eigenvalue weighted by molar-refractivity contribution is 9.11. The van der Waals surface area contributed by atoms with Crippen LogP contribution < -0.4 is 10.6 Å². The predicted molar refractivity (Wildman–Crippen MR) is 105 cm³/mol. The minimum atomic E-state index is -0.692. The maximum absolute atomic E-state index is 12.2. The molecule has 0 aliphatic heterocycles. The predicted octanol–water partition coefficient (Wildman–Crippen LogP) is 4.61. The molecular weight excluding hydrogens is 501 g/mol. The highest BCUT2D eigenvalue weighted by Gasteiger charge is 2.17. The van der Waals surface area contributed by atoms with Crippen LogP contribution in [0.3, 0.4) is 0 Å². The summed E-state index contributed by atoms with van der Waals surface area (Å²) in [6, 6.07) is 6.63. The van der Waals surface area contributed by atoms with Gasteiger partial charge in [-0.15, -0.1) is 0 Å². The summed E-state index contributed by atoms with van der Waals surface area (Å²) in [6.45, 7) is 0. The molecule has 11 heteroatoms. The van der Waals surface area contributed by atoms with Crippen molar-refractivity contribution in [3.63, 3.8) is 0 Å².